The molecule has 2 rings (SSSR count). The van der Waals surface area contributed by atoms with Gasteiger partial charge in [-0.15, -0.1) is 0 Å². The number of hydrogen-bond acceptors (Lipinski definition) is 4. The van der Waals surface area contributed by atoms with Crippen LogP contribution in [-0.2, 0) is 15.7 Å². The molecule has 1 aliphatic heterocycles. The van der Waals surface area contributed by atoms with E-state index < -0.39 is 6.29 Å². The number of benzene rings is 1. The lowest BCUT2D eigenvalue weighted by Gasteiger charge is -2.28. The van der Waals surface area contributed by atoms with Crippen molar-refractivity contribution in [2.24, 2.45) is 5.16 Å². The van der Waals surface area contributed by atoms with E-state index in [0.717, 1.165) is 22.4 Å². The molecule has 1 aromatic rings. The number of rotatable bonds is 1. The van der Waals surface area contributed by atoms with E-state index in [1.807, 2.05) is 26.0 Å². The molecular weight excluding hydrogens is 290 g/mol. The molecule has 1 heterocycles. The zero-order chi connectivity index (χ0) is 18.0. The lowest BCUT2D eigenvalue weighted by atomic mass is 9.78. The van der Waals surface area contributed by atoms with Crippen LogP contribution < -0.4 is 0 Å². The molecule has 0 amide bonds. The number of oxime groups is 1. The quantitative estimate of drug-likeness (QED) is 0.803. The predicted octanol–water partition coefficient (Wildman–Crippen LogP) is 4.46. The molecule has 4 nitrogen and oxygen atoms in total. The number of aliphatic hydroxyl groups excluding tert-OH is 1. The highest BCUT2D eigenvalue weighted by Gasteiger charge is 2.29. The van der Waals surface area contributed by atoms with Crippen molar-refractivity contribution in [3.8, 4) is 5.75 Å². The topological polar surface area (TPSA) is 62.0 Å². The summed E-state index contributed by atoms with van der Waals surface area (Å²) in [7, 11) is 0. The first kappa shape index (κ1) is 19.5. The Morgan fingerprint density at radius 3 is 1.74 bits per heavy atom. The Morgan fingerprint density at radius 1 is 1.00 bits per heavy atom. The van der Waals surface area contributed by atoms with E-state index in [2.05, 4.69) is 46.7 Å². The Balaban J connectivity index is 0.00000127. The Bertz CT molecular complexity index is 542. The fraction of sp³-hybridized carbons (Fsp3) is 0.632. The fourth-order valence-electron chi connectivity index (χ4n) is 2.48. The Morgan fingerprint density at radius 2 is 1.43 bits per heavy atom. The molecule has 0 aromatic heterocycles. The maximum absolute atomic E-state index is 10.7. The third-order valence-corrected chi connectivity index (χ3v) is 3.71. The Hall–Kier alpha value is -1.55. The van der Waals surface area contributed by atoms with E-state index >= 15 is 0 Å². The second-order valence-corrected chi connectivity index (χ2v) is 7.72. The molecule has 4 heteroatoms. The SMILES string of the molecule is CC.CC(C)(C)c1cc(C2=NOC(O)C2)cc(C(C)(C)C)c1O. The van der Waals surface area contributed by atoms with Gasteiger partial charge < -0.3 is 15.1 Å². The zero-order valence-electron chi connectivity index (χ0n) is 15.7. The van der Waals surface area contributed by atoms with Gasteiger partial charge in [0.25, 0.3) is 0 Å². The van der Waals surface area contributed by atoms with Crippen LogP contribution >= 0.6 is 0 Å². The van der Waals surface area contributed by atoms with Crippen molar-refractivity contribution in [3.63, 3.8) is 0 Å². The van der Waals surface area contributed by atoms with Crippen LogP contribution in [0.1, 0.15) is 78.5 Å². The van der Waals surface area contributed by atoms with E-state index in [1.54, 1.807) is 0 Å². The first-order valence-electron chi connectivity index (χ1n) is 8.29. The van der Waals surface area contributed by atoms with Crippen molar-refractivity contribution >= 4 is 5.71 Å². The maximum atomic E-state index is 10.7. The number of phenolic OH excluding ortho intramolecular Hbond substituents is 1. The van der Waals surface area contributed by atoms with Gasteiger partial charge in [0.05, 0.1) is 12.1 Å². The smallest absolute Gasteiger partial charge is 0.230 e. The molecule has 130 valence electrons. The van der Waals surface area contributed by atoms with Crippen molar-refractivity contribution in [1.29, 1.82) is 0 Å². The molecule has 0 aliphatic carbocycles. The minimum atomic E-state index is -0.870. The summed E-state index contributed by atoms with van der Waals surface area (Å²) in [6.45, 7) is 16.4. The van der Waals surface area contributed by atoms with Gasteiger partial charge in [-0.2, -0.15) is 0 Å². The summed E-state index contributed by atoms with van der Waals surface area (Å²) in [5, 5.41) is 24.1. The van der Waals surface area contributed by atoms with Gasteiger partial charge in [0.2, 0.25) is 6.29 Å². The molecule has 0 radical (unpaired) electrons. The van der Waals surface area contributed by atoms with Crippen LogP contribution in [0.25, 0.3) is 0 Å². The molecule has 1 aromatic carbocycles. The van der Waals surface area contributed by atoms with Crippen LogP contribution in [0.3, 0.4) is 0 Å². The minimum absolute atomic E-state index is 0.182. The van der Waals surface area contributed by atoms with E-state index in [4.69, 9.17) is 4.84 Å². The molecule has 23 heavy (non-hydrogen) atoms. The van der Waals surface area contributed by atoms with E-state index in [0.29, 0.717) is 12.2 Å². The number of phenols is 1. The van der Waals surface area contributed by atoms with Crippen molar-refractivity contribution in [3.05, 3.63) is 28.8 Å². The summed E-state index contributed by atoms with van der Waals surface area (Å²) in [5.74, 6) is 0.346. The summed E-state index contributed by atoms with van der Waals surface area (Å²) in [4.78, 5) is 4.88. The van der Waals surface area contributed by atoms with E-state index in [1.165, 1.54) is 0 Å². The zero-order valence-corrected chi connectivity index (χ0v) is 15.7. The van der Waals surface area contributed by atoms with E-state index in [9.17, 15) is 10.2 Å². The fourth-order valence-corrected chi connectivity index (χ4v) is 2.48. The summed E-state index contributed by atoms with van der Waals surface area (Å²) < 4.78 is 0. The first-order chi connectivity index (χ1) is 10.5. The summed E-state index contributed by atoms with van der Waals surface area (Å²) in [6.07, 6.45) is -0.497. The lowest BCUT2D eigenvalue weighted by Crippen LogP contribution is -2.19. The molecule has 0 spiro atoms. The molecular formula is C19H31NO3. The van der Waals surface area contributed by atoms with Crippen molar-refractivity contribution < 1.29 is 15.1 Å². The van der Waals surface area contributed by atoms with Gasteiger partial charge in [-0.3, -0.25) is 0 Å². The van der Waals surface area contributed by atoms with Gasteiger partial charge in [-0.1, -0.05) is 60.5 Å². The predicted molar refractivity (Wildman–Crippen MR) is 95.1 cm³/mol. The monoisotopic (exact) mass is 321 g/mol. The number of aromatic hydroxyl groups is 1. The van der Waals surface area contributed by atoms with Crippen LogP contribution in [0.4, 0.5) is 0 Å². The largest absolute Gasteiger partial charge is 0.507 e. The first-order valence-corrected chi connectivity index (χ1v) is 8.29. The third kappa shape index (κ3) is 4.47. The van der Waals surface area contributed by atoms with Gasteiger partial charge in [-0.05, 0) is 23.0 Å². The molecule has 0 saturated carbocycles. The highest BCUT2D eigenvalue weighted by Crippen LogP contribution is 2.40. The summed E-state index contributed by atoms with van der Waals surface area (Å²) in [5.41, 5.74) is 3.03. The molecule has 0 saturated heterocycles. The molecule has 2 N–H and O–H groups in total. The standard InChI is InChI=1S/C17H25NO3.C2H6/c1-16(2,3)11-7-10(13-9-14(19)21-18-13)8-12(15(11)20)17(4,5)6;1-2/h7-8,14,19-20H,9H2,1-6H3;1-2H3. The lowest BCUT2D eigenvalue weighted by molar-refractivity contribution is -0.0762. The Labute approximate surface area is 140 Å². The average molecular weight is 321 g/mol. The van der Waals surface area contributed by atoms with Crippen molar-refractivity contribution in [1.82, 2.24) is 0 Å². The highest BCUT2D eigenvalue weighted by molar-refractivity contribution is 6.01. The maximum Gasteiger partial charge on any atom is 0.230 e. The molecule has 0 bridgehead atoms. The van der Waals surface area contributed by atoms with Crippen LogP contribution in [0.5, 0.6) is 5.75 Å². The van der Waals surface area contributed by atoms with Crippen LogP contribution in [0.2, 0.25) is 0 Å². The van der Waals surface area contributed by atoms with Gasteiger partial charge in [0.15, 0.2) is 0 Å². The highest BCUT2D eigenvalue weighted by atomic mass is 16.7. The van der Waals surface area contributed by atoms with Gasteiger partial charge in [0.1, 0.15) is 5.75 Å². The van der Waals surface area contributed by atoms with Crippen LogP contribution in [0.15, 0.2) is 17.3 Å². The van der Waals surface area contributed by atoms with Crippen molar-refractivity contribution in [2.75, 3.05) is 0 Å². The van der Waals surface area contributed by atoms with Gasteiger partial charge >= 0.3 is 0 Å². The molecule has 0 fully saturated rings. The molecule has 1 aliphatic rings. The minimum Gasteiger partial charge on any atom is -0.507 e. The third-order valence-electron chi connectivity index (χ3n) is 3.71. The van der Waals surface area contributed by atoms with Crippen molar-refractivity contribution in [2.45, 2.75) is 78.9 Å². The van der Waals surface area contributed by atoms with E-state index in [-0.39, 0.29) is 10.8 Å². The summed E-state index contributed by atoms with van der Waals surface area (Å²) in [6, 6.07) is 3.90. The van der Waals surface area contributed by atoms with Crippen LogP contribution in [-0.4, -0.2) is 22.2 Å². The second kappa shape index (κ2) is 6.91. The Kier molecular flexibility index (Phi) is 5.86. The van der Waals surface area contributed by atoms with Crippen LogP contribution in [0, 0.1) is 0 Å². The normalized spacial score (nSPS) is 18.0. The number of hydrogen-bond donors (Lipinski definition) is 2. The molecule has 1 atom stereocenters. The van der Waals surface area contributed by atoms with Gasteiger partial charge in [0, 0.05) is 16.7 Å². The molecule has 1 unspecified atom stereocenters. The number of aliphatic hydroxyl groups is 1. The second-order valence-electron chi connectivity index (χ2n) is 7.72. The summed E-state index contributed by atoms with van der Waals surface area (Å²) >= 11 is 0. The number of nitrogens with zero attached hydrogens (tertiary/aromatic N) is 1. The van der Waals surface area contributed by atoms with Gasteiger partial charge in [-0.25, -0.2) is 0 Å². The average Bonchev–Trinajstić information content (AvgIpc) is 2.85.